The van der Waals surface area contributed by atoms with Gasteiger partial charge >= 0.3 is 0 Å². The summed E-state index contributed by atoms with van der Waals surface area (Å²) in [7, 11) is 2.11. The summed E-state index contributed by atoms with van der Waals surface area (Å²) in [4.78, 5) is 14.6. The van der Waals surface area contributed by atoms with Crippen molar-refractivity contribution in [2.24, 2.45) is 0 Å². The Kier molecular flexibility index (Phi) is 3.79. The molecule has 1 atom stereocenters. The number of carbonyl (C=O) groups is 1. The molecule has 6 heteroatoms. The number of hydrogen-bond acceptors (Lipinski definition) is 4. The number of carbonyl (C=O) groups excluding carboxylic acids is 1. The maximum absolute atomic E-state index is 12.3. The molecule has 2 heterocycles. The molecule has 4 N–H and O–H groups in total. The van der Waals surface area contributed by atoms with Gasteiger partial charge in [0, 0.05) is 23.7 Å². The fraction of sp³-hybridized carbons (Fsp3) is 0.467. The highest BCUT2D eigenvalue weighted by Gasteiger charge is 2.21. The fourth-order valence-electron chi connectivity index (χ4n) is 2.90. The van der Waals surface area contributed by atoms with Gasteiger partial charge in [0.1, 0.15) is 0 Å². The maximum atomic E-state index is 12.3. The first-order chi connectivity index (χ1) is 10.1. The number of likely N-dealkylation sites (tertiary alicyclic amines) is 1. The van der Waals surface area contributed by atoms with Crippen LogP contribution in [0, 0.1) is 0 Å². The fourth-order valence-corrected chi connectivity index (χ4v) is 2.90. The normalized spacial score (nSPS) is 19.8. The van der Waals surface area contributed by atoms with Crippen LogP contribution in [0.5, 0.6) is 0 Å². The van der Waals surface area contributed by atoms with Crippen LogP contribution in [-0.2, 0) is 0 Å². The van der Waals surface area contributed by atoms with Crippen molar-refractivity contribution in [3.63, 3.8) is 0 Å². The topological polar surface area (TPSA) is 87.0 Å². The molecule has 1 aliphatic rings. The Morgan fingerprint density at radius 3 is 3.19 bits per heavy atom. The number of nitrogens with two attached hydrogens (primary N) is 1. The number of aromatic amines is 1. The number of hydrogen-bond donors (Lipinski definition) is 3. The first kappa shape index (κ1) is 13.9. The summed E-state index contributed by atoms with van der Waals surface area (Å²) in [5.74, 6) is -0.147. The van der Waals surface area contributed by atoms with E-state index in [1.807, 2.05) is 6.07 Å². The maximum Gasteiger partial charge on any atom is 0.272 e. The number of nitrogens with zero attached hydrogens (tertiary/aromatic N) is 2. The van der Waals surface area contributed by atoms with E-state index in [-0.39, 0.29) is 5.91 Å². The molecule has 2 aromatic rings. The van der Waals surface area contributed by atoms with Crippen molar-refractivity contribution in [3.8, 4) is 0 Å². The molecule has 1 unspecified atom stereocenters. The van der Waals surface area contributed by atoms with E-state index in [1.54, 1.807) is 12.1 Å². The zero-order valence-corrected chi connectivity index (χ0v) is 12.2. The van der Waals surface area contributed by atoms with Gasteiger partial charge < -0.3 is 16.0 Å². The molecule has 0 aliphatic carbocycles. The molecule has 1 saturated heterocycles. The standard InChI is InChI=1S/C15H21N5O/c1-20-7-3-2-4-11(20)9-17-15(21)14-12-8-10(16)5-6-13(12)18-19-14/h5-6,8,11H,2-4,7,9,16H2,1H3,(H,17,21)(H,18,19). The van der Waals surface area contributed by atoms with E-state index in [2.05, 4.69) is 27.5 Å². The average Bonchev–Trinajstić information content (AvgIpc) is 2.89. The van der Waals surface area contributed by atoms with Crippen LogP contribution in [0.1, 0.15) is 29.8 Å². The largest absolute Gasteiger partial charge is 0.399 e. The Hall–Kier alpha value is -2.08. The lowest BCUT2D eigenvalue weighted by atomic mass is 10.0. The van der Waals surface area contributed by atoms with Crippen LogP contribution in [0.4, 0.5) is 5.69 Å². The van der Waals surface area contributed by atoms with Crippen LogP contribution in [0.2, 0.25) is 0 Å². The van der Waals surface area contributed by atoms with Gasteiger partial charge in [-0.05, 0) is 44.6 Å². The number of benzene rings is 1. The molecule has 6 nitrogen and oxygen atoms in total. The van der Waals surface area contributed by atoms with Crippen molar-refractivity contribution < 1.29 is 4.79 Å². The number of H-pyrrole nitrogens is 1. The Balaban J connectivity index is 1.70. The molecule has 1 aromatic carbocycles. The molecule has 21 heavy (non-hydrogen) atoms. The van der Waals surface area contributed by atoms with Crippen LogP contribution in [0.15, 0.2) is 18.2 Å². The number of aromatic nitrogens is 2. The van der Waals surface area contributed by atoms with Crippen molar-refractivity contribution in [1.82, 2.24) is 20.4 Å². The number of likely N-dealkylation sites (N-methyl/N-ethyl adjacent to an activating group) is 1. The second kappa shape index (κ2) is 5.73. The van der Waals surface area contributed by atoms with Crippen LogP contribution < -0.4 is 11.1 Å². The smallest absolute Gasteiger partial charge is 0.272 e. The van der Waals surface area contributed by atoms with E-state index in [0.29, 0.717) is 24.0 Å². The Morgan fingerprint density at radius 1 is 1.52 bits per heavy atom. The van der Waals surface area contributed by atoms with E-state index < -0.39 is 0 Å². The van der Waals surface area contributed by atoms with E-state index in [9.17, 15) is 4.79 Å². The third-order valence-corrected chi connectivity index (χ3v) is 4.22. The Morgan fingerprint density at radius 2 is 2.38 bits per heavy atom. The van der Waals surface area contributed by atoms with Crippen LogP contribution in [-0.4, -0.2) is 47.2 Å². The lowest BCUT2D eigenvalue weighted by molar-refractivity contribution is 0.0925. The summed E-state index contributed by atoms with van der Waals surface area (Å²) in [6.07, 6.45) is 3.60. The van der Waals surface area contributed by atoms with Crippen molar-refractivity contribution in [2.45, 2.75) is 25.3 Å². The molecule has 0 saturated carbocycles. The minimum atomic E-state index is -0.147. The molecular weight excluding hydrogens is 266 g/mol. The SMILES string of the molecule is CN1CCCCC1CNC(=O)c1n[nH]c2ccc(N)cc12. The highest BCUT2D eigenvalue weighted by Crippen LogP contribution is 2.19. The minimum absolute atomic E-state index is 0.147. The van der Waals surface area contributed by atoms with Gasteiger partial charge in [0.15, 0.2) is 5.69 Å². The number of fused-ring (bicyclic) bond motifs is 1. The monoisotopic (exact) mass is 287 g/mol. The van der Waals surface area contributed by atoms with Gasteiger partial charge in [0.25, 0.3) is 5.91 Å². The summed E-state index contributed by atoms with van der Waals surface area (Å²) in [5.41, 5.74) is 7.65. The van der Waals surface area contributed by atoms with Gasteiger partial charge in [-0.3, -0.25) is 9.89 Å². The first-order valence-electron chi connectivity index (χ1n) is 7.37. The Labute approximate surface area is 123 Å². The second-order valence-electron chi connectivity index (χ2n) is 5.72. The Bertz CT molecular complexity index is 651. The van der Waals surface area contributed by atoms with E-state index in [0.717, 1.165) is 23.9 Å². The number of piperidine rings is 1. The molecule has 0 spiro atoms. The third kappa shape index (κ3) is 2.85. The van der Waals surface area contributed by atoms with Crippen LogP contribution in [0.25, 0.3) is 10.9 Å². The predicted molar refractivity (Wildman–Crippen MR) is 83.1 cm³/mol. The zero-order chi connectivity index (χ0) is 14.8. The van der Waals surface area contributed by atoms with Crippen molar-refractivity contribution >= 4 is 22.5 Å². The molecule has 0 radical (unpaired) electrons. The van der Waals surface area contributed by atoms with Crippen molar-refractivity contribution in [3.05, 3.63) is 23.9 Å². The number of amides is 1. The lowest BCUT2D eigenvalue weighted by Crippen LogP contribution is -2.44. The average molecular weight is 287 g/mol. The molecular formula is C15H21N5O. The van der Waals surface area contributed by atoms with Gasteiger partial charge in [-0.15, -0.1) is 0 Å². The zero-order valence-electron chi connectivity index (χ0n) is 12.2. The summed E-state index contributed by atoms with van der Waals surface area (Å²) < 4.78 is 0. The van der Waals surface area contributed by atoms with Gasteiger partial charge in [0.05, 0.1) is 5.52 Å². The first-order valence-corrected chi connectivity index (χ1v) is 7.37. The molecule has 0 bridgehead atoms. The van der Waals surface area contributed by atoms with E-state index in [4.69, 9.17) is 5.73 Å². The molecule has 1 aromatic heterocycles. The summed E-state index contributed by atoms with van der Waals surface area (Å²) in [5, 5.41) is 10.7. The van der Waals surface area contributed by atoms with Crippen LogP contribution >= 0.6 is 0 Å². The van der Waals surface area contributed by atoms with Gasteiger partial charge in [-0.1, -0.05) is 6.42 Å². The number of anilines is 1. The molecule has 112 valence electrons. The lowest BCUT2D eigenvalue weighted by Gasteiger charge is -2.32. The van der Waals surface area contributed by atoms with E-state index in [1.165, 1.54) is 12.8 Å². The predicted octanol–water partition coefficient (Wildman–Crippen LogP) is 1.36. The number of rotatable bonds is 3. The highest BCUT2D eigenvalue weighted by molar-refractivity contribution is 6.05. The number of nitrogens with one attached hydrogen (secondary N) is 2. The second-order valence-corrected chi connectivity index (χ2v) is 5.72. The van der Waals surface area contributed by atoms with Crippen molar-refractivity contribution in [2.75, 3.05) is 25.9 Å². The molecule has 1 fully saturated rings. The van der Waals surface area contributed by atoms with Gasteiger partial charge in [-0.25, -0.2) is 0 Å². The summed E-state index contributed by atoms with van der Waals surface area (Å²) in [6.45, 7) is 1.76. The molecule has 1 aliphatic heterocycles. The quantitative estimate of drug-likeness (QED) is 0.744. The highest BCUT2D eigenvalue weighted by atomic mass is 16.1. The minimum Gasteiger partial charge on any atom is -0.399 e. The van der Waals surface area contributed by atoms with E-state index >= 15 is 0 Å². The summed E-state index contributed by atoms with van der Waals surface area (Å²) >= 11 is 0. The van der Waals surface area contributed by atoms with Crippen molar-refractivity contribution in [1.29, 1.82) is 0 Å². The van der Waals surface area contributed by atoms with Gasteiger partial charge in [0.2, 0.25) is 0 Å². The third-order valence-electron chi connectivity index (χ3n) is 4.22. The van der Waals surface area contributed by atoms with Gasteiger partial charge in [-0.2, -0.15) is 5.10 Å². The van der Waals surface area contributed by atoms with Crippen LogP contribution in [0.3, 0.4) is 0 Å². The molecule has 1 amide bonds. The number of nitrogen functional groups attached to an aromatic ring is 1. The molecule has 3 rings (SSSR count). The summed E-state index contributed by atoms with van der Waals surface area (Å²) in [6, 6.07) is 5.82.